The average molecular weight is 293 g/mol. The van der Waals surface area contributed by atoms with Crippen LogP contribution in [0.15, 0.2) is 18.3 Å². The fourth-order valence-electron chi connectivity index (χ4n) is 1.98. The van der Waals surface area contributed by atoms with E-state index in [1.165, 1.54) is 6.20 Å². The van der Waals surface area contributed by atoms with Crippen LogP contribution in [0.5, 0.6) is 11.5 Å². The SMILES string of the molecule is CCOC(=O)c1c[nH]c2c(OC)ccc(OC)c2c1=S. The molecule has 0 aliphatic heterocycles. The summed E-state index contributed by atoms with van der Waals surface area (Å²) in [6.45, 7) is 2.04. The summed E-state index contributed by atoms with van der Waals surface area (Å²) in [7, 11) is 3.12. The van der Waals surface area contributed by atoms with Crippen molar-refractivity contribution in [2.24, 2.45) is 0 Å². The lowest BCUT2D eigenvalue weighted by Crippen LogP contribution is -2.06. The molecule has 0 atom stereocenters. The molecule has 106 valence electrons. The van der Waals surface area contributed by atoms with Crippen molar-refractivity contribution >= 4 is 29.1 Å². The molecule has 5 nitrogen and oxygen atoms in total. The summed E-state index contributed by atoms with van der Waals surface area (Å²) in [6.07, 6.45) is 1.53. The second kappa shape index (κ2) is 5.92. The molecule has 0 amide bonds. The Morgan fingerprint density at radius 1 is 1.25 bits per heavy atom. The summed E-state index contributed by atoms with van der Waals surface area (Å²) < 4.78 is 16.0. The first-order valence-electron chi connectivity index (χ1n) is 6.07. The summed E-state index contributed by atoms with van der Waals surface area (Å²) >= 11 is 5.39. The molecular formula is C14H15NO4S. The molecule has 0 saturated carbocycles. The van der Waals surface area contributed by atoms with Crippen molar-refractivity contribution in [3.8, 4) is 11.5 Å². The van der Waals surface area contributed by atoms with E-state index in [1.807, 2.05) is 0 Å². The maximum atomic E-state index is 11.9. The van der Waals surface area contributed by atoms with E-state index in [4.69, 9.17) is 26.4 Å². The van der Waals surface area contributed by atoms with Crippen LogP contribution < -0.4 is 9.47 Å². The Bertz CT molecular complexity index is 708. The van der Waals surface area contributed by atoms with Gasteiger partial charge in [-0.15, -0.1) is 0 Å². The minimum atomic E-state index is -0.458. The van der Waals surface area contributed by atoms with Crippen molar-refractivity contribution in [2.75, 3.05) is 20.8 Å². The molecule has 0 unspecified atom stereocenters. The number of hydrogen-bond donors (Lipinski definition) is 1. The van der Waals surface area contributed by atoms with E-state index in [0.29, 0.717) is 39.1 Å². The van der Waals surface area contributed by atoms with Gasteiger partial charge in [-0.05, 0) is 19.1 Å². The lowest BCUT2D eigenvalue weighted by molar-refractivity contribution is 0.0525. The standard InChI is InChI=1S/C14H15NO4S/c1-4-19-14(16)8-7-15-12-10(18-3)6-5-9(17-2)11(12)13(8)20/h5-7H,4H2,1-3H3,(H,15,20). The van der Waals surface area contributed by atoms with Gasteiger partial charge in [-0.25, -0.2) is 4.79 Å². The van der Waals surface area contributed by atoms with Crippen molar-refractivity contribution in [2.45, 2.75) is 6.92 Å². The molecule has 0 saturated heterocycles. The number of ether oxygens (including phenoxy) is 3. The van der Waals surface area contributed by atoms with Gasteiger partial charge in [0.25, 0.3) is 0 Å². The van der Waals surface area contributed by atoms with Gasteiger partial charge in [-0.1, -0.05) is 12.2 Å². The number of methoxy groups -OCH3 is 2. The average Bonchev–Trinajstić information content (AvgIpc) is 2.46. The lowest BCUT2D eigenvalue weighted by atomic mass is 10.1. The molecule has 1 N–H and O–H groups in total. The number of aromatic nitrogens is 1. The summed E-state index contributed by atoms with van der Waals surface area (Å²) in [4.78, 5) is 14.9. The zero-order chi connectivity index (χ0) is 14.7. The zero-order valence-corrected chi connectivity index (χ0v) is 12.3. The summed E-state index contributed by atoms with van der Waals surface area (Å²) in [5, 5.41) is 0.632. The Kier molecular flexibility index (Phi) is 4.24. The first-order valence-corrected chi connectivity index (χ1v) is 6.48. The van der Waals surface area contributed by atoms with Crippen LogP contribution in [0.2, 0.25) is 0 Å². The monoisotopic (exact) mass is 293 g/mol. The molecule has 0 radical (unpaired) electrons. The third-order valence-electron chi connectivity index (χ3n) is 2.90. The fourth-order valence-corrected chi connectivity index (χ4v) is 2.32. The third-order valence-corrected chi connectivity index (χ3v) is 3.32. The van der Waals surface area contributed by atoms with Crippen LogP contribution in [-0.4, -0.2) is 31.8 Å². The van der Waals surface area contributed by atoms with Crippen molar-refractivity contribution in [3.63, 3.8) is 0 Å². The molecule has 6 heteroatoms. The van der Waals surface area contributed by atoms with Crippen LogP contribution in [0, 0.1) is 4.51 Å². The van der Waals surface area contributed by atoms with E-state index in [9.17, 15) is 4.79 Å². The number of nitrogens with one attached hydrogen (secondary N) is 1. The Morgan fingerprint density at radius 3 is 2.50 bits per heavy atom. The molecule has 0 bridgehead atoms. The number of hydrogen-bond acceptors (Lipinski definition) is 5. The Balaban J connectivity index is 2.77. The van der Waals surface area contributed by atoms with E-state index in [-0.39, 0.29) is 0 Å². The number of benzene rings is 1. The van der Waals surface area contributed by atoms with Crippen LogP contribution in [0.25, 0.3) is 10.9 Å². The van der Waals surface area contributed by atoms with E-state index in [1.54, 1.807) is 33.3 Å². The maximum Gasteiger partial charge on any atom is 0.341 e. The van der Waals surface area contributed by atoms with Crippen LogP contribution in [0.1, 0.15) is 17.3 Å². The van der Waals surface area contributed by atoms with Gasteiger partial charge in [0, 0.05) is 6.20 Å². The number of H-pyrrole nitrogens is 1. The smallest absolute Gasteiger partial charge is 0.341 e. The van der Waals surface area contributed by atoms with Crippen LogP contribution in [0.4, 0.5) is 0 Å². The summed E-state index contributed by atoms with van der Waals surface area (Å²) in [5.41, 5.74) is 0.991. The van der Waals surface area contributed by atoms with Gasteiger partial charge in [-0.3, -0.25) is 0 Å². The van der Waals surface area contributed by atoms with Crippen molar-refractivity contribution < 1.29 is 19.0 Å². The zero-order valence-electron chi connectivity index (χ0n) is 11.5. The highest BCUT2D eigenvalue weighted by Crippen LogP contribution is 2.33. The second-order valence-corrected chi connectivity index (χ2v) is 4.38. The van der Waals surface area contributed by atoms with Crippen LogP contribution >= 0.6 is 12.2 Å². The summed E-state index contributed by atoms with van der Waals surface area (Å²) in [5.74, 6) is 0.746. The fraction of sp³-hybridized carbons (Fsp3) is 0.286. The first kappa shape index (κ1) is 14.3. The molecule has 0 aliphatic rings. The summed E-state index contributed by atoms with van der Waals surface area (Å²) in [6, 6.07) is 3.52. The molecule has 0 spiro atoms. The van der Waals surface area contributed by atoms with E-state index in [0.717, 1.165) is 0 Å². The normalized spacial score (nSPS) is 10.3. The minimum Gasteiger partial charge on any atom is -0.496 e. The Labute approximate surface area is 121 Å². The molecule has 0 fully saturated rings. The van der Waals surface area contributed by atoms with Gasteiger partial charge in [0.2, 0.25) is 0 Å². The van der Waals surface area contributed by atoms with Gasteiger partial charge >= 0.3 is 5.97 Å². The molecule has 0 aliphatic carbocycles. The number of fused-ring (bicyclic) bond motifs is 1. The molecule has 1 heterocycles. The Morgan fingerprint density at radius 2 is 1.90 bits per heavy atom. The highest BCUT2D eigenvalue weighted by atomic mass is 32.1. The van der Waals surface area contributed by atoms with Gasteiger partial charge < -0.3 is 19.2 Å². The molecule has 2 aromatic rings. The lowest BCUT2D eigenvalue weighted by Gasteiger charge is -2.11. The minimum absolute atomic E-state index is 0.293. The topological polar surface area (TPSA) is 60.6 Å². The predicted octanol–water partition coefficient (Wildman–Crippen LogP) is 3.09. The number of esters is 1. The van der Waals surface area contributed by atoms with Crippen LogP contribution in [0.3, 0.4) is 0 Å². The number of pyridine rings is 1. The number of rotatable bonds is 4. The highest BCUT2D eigenvalue weighted by molar-refractivity contribution is 7.71. The maximum absolute atomic E-state index is 11.9. The first-order chi connectivity index (χ1) is 9.63. The van der Waals surface area contributed by atoms with E-state index >= 15 is 0 Å². The predicted molar refractivity (Wildman–Crippen MR) is 78.2 cm³/mol. The molecule has 20 heavy (non-hydrogen) atoms. The Hall–Kier alpha value is -2.08. The number of carbonyl (C=O) groups is 1. The largest absolute Gasteiger partial charge is 0.496 e. The van der Waals surface area contributed by atoms with Crippen molar-refractivity contribution in [1.29, 1.82) is 0 Å². The van der Waals surface area contributed by atoms with E-state index < -0.39 is 5.97 Å². The molecule has 1 aromatic carbocycles. The van der Waals surface area contributed by atoms with E-state index in [2.05, 4.69) is 4.98 Å². The number of aromatic amines is 1. The van der Waals surface area contributed by atoms with Gasteiger partial charge in [0.1, 0.15) is 11.5 Å². The van der Waals surface area contributed by atoms with Crippen molar-refractivity contribution in [3.05, 3.63) is 28.4 Å². The second-order valence-electron chi connectivity index (χ2n) is 3.97. The van der Waals surface area contributed by atoms with Gasteiger partial charge in [0.15, 0.2) is 0 Å². The molecular weight excluding hydrogens is 278 g/mol. The number of carbonyl (C=O) groups excluding carboxylic acids is 1. The van der Waals surface area contributed by atoms with Gasteiger partial charge in [-0.2, -0.15) is 0 Å². The highest BCUT2D eigenvalue weighted by Gasteiger charge is 2.16. The third kappa shape index (κ3) is 2.34. The van der Waals surface area contributed by atoms with Crippen LogP contribution in [-0.2, 0) is 4.74 Å². The quantitative estimate of drug-likeness (QED) is 0.693. The molecule has 2 rings (SSSR count). The van der Waals surface area contributed by atoms with Gasteiger partial charge in [0.05, 0.1) is 41.8 Å². The molecule has 1 aromatic heterocycles. The van der Waals surface area contributed by atoms with Crippen molar-refractivity contribution in [1.82, 2.24) is 4.98 Å².